The van der Waals surface area contributed by atoms with Gasteiger partial charge in [-0.2, -0.15) is 0 Å². The molecule has 0 spiro atoms. The van der Waals surface area contributed by atoms with Gasteiger partial charge in [0.2, 0.25) is 0 Å². The Balaban J connectivity index is 2.64. The third-order valence-electron chi connectivity index (χ3n) is 2.05. The predicted molar refractivity (Wildman–Crippen MR) is 62.0 cm³/mol. The Morgan fingerprint density at radius 3 is 2.80 bits per heavy atom. The molecule has 15 heavy (non-hydrogen) atoms. The lowest BCUT2D eigenvalue weighted by atomic mass is 10.2. The number of carbonyl (C=O) groups is 1. The minimum absolute atomic E-state index is 0.356. The van der Waals surface area contributed by atoms with Gasteiger partial charge < -0.3 is 0 Å². The van der Waals surface area contributed by atoms with Gasteiger partial charge in [-0.25, -0.2) is 4.39 Å². The van der Waals surface area contributed by atoms with Crippen molar-refractivity contribution in [2.45, 2.75) is 25.2 Å². The topological polar surface area (TPSA) is 17.1 Å². The molecule has 0 saturated heterocycles. The van der Waals surface area contributed by atoms with E-state index in [0.717, 1.165) is 17.1 Å². The first-order valence-electron chi connectivity index (χ1n) is 5.01. The molecule has 0 aliphatic rings. The van der Waals surface area contributed by atoms with E-state index in [1.54, 1.807) is 17.8 Å². The Morgan fingerprint density at radius 1 is 1.47 bits per heavy atom. The fourth-order valence-electron chi connectivity index (χ4n) is 1.15. The van der Waals surface area contributed by atoms with E-state index < -0.39 is 0 Å². The van der Waals surface area contributed by atoms with Crippen LogP contribution in [0.3, 0.4) is 0 Å². The molecule has 0 fully saturated rings. The number of benzene rings is 1. The summed E-state index contributed by atoms with van der Waals surface area (Å²) in [5.74, 6) is 1.26. The predicted octanol–water partition coefficient (Wildman–Crippen LogP) is 3.78. The maximum Gasteiger partial charge on any atom is 0.151 e. The van der Waals surface area contributed by atoms with Crippen molar-refractivity contribution in [2.75, 3.05) is 5.75 Å². The second-order valence-corrected chi connectivity index (χ2v) is 4.97. The molecule has 0 aliphatic carbocycles. The van der Waals surface area contributed by atoms with Crippen molar-refractivity contribution in [1.82, 2.24) is 0 Å². The van der Waals surface area contributed by atoms with Crippen LogP contribution in [0.4, 0.5) is 4.39 Å². The number of aldehydes is 1. The number of thioether (sulfide) groups is 1. The van der Waals surface area contributed by atoms with Gasteiger partial charge in [-0.1, -0.05) is 13.8 Å². The maximum absolute atomic E-state index is 12.8. The SMILES string of the molecule is CC(C)CCSc1ccc(F)cc1C=O. The summed E-state index contributed by atoms with van der Waals surface area (Å²) < 4.78 is 12.8. The van der Waals surface area contributed by atoms with Crippen molar-refractivity contribution in [3.05, 3.63) is 29.6 Å². The van der Waals surface area contributed by atoms with E-state index in [0.29, 0.717) is 17.8 Å². The Morgan fingerprint density at radius 2 is 2.20 bits per heavy atom. The molecule has 0 aromatic heterocycles. The fourth-order valence-corrected chi connectivity index (χ4v) is 2.39. The third kappa shape index (κ3) is 4.04. The van der Waals surface area contributed by atoms with Gasteiger partial charge in [-0.05, 0) is 36.3 Å². The number of halogens is 1. The van der Waals surface area contributed by atoms with E-state index >= 15 is 0 Å². The lowest BCUT2D eigenvalue weighted by Gasteiger charge is -2.06. The number of rotatable bonds is 5. The summed E-state index contributed by atoms with van der Waals surface area (Å²) in [7, 11) is 0. The molecule has 0 amide bonds. The highest BCUT2D eigenvalue weighted by atomic mass is 32.2. The minimum Gasteiger partial charge on any atom is -0.298 e. The first kappa shape index (κ1) is 12.2. The smallest absolute Gasteiger partial charge is 0.151 e. The summed E-state index contributed by atoms with van der Waals surface area (Å²) in [5, 5.41) is 0. The molecule has 1 aromatic rings. The largest absolute Gasteiger partial charge is 0.298 e. The van der Waals surface area contributed by atoms with Crippen molar-refractivity contribution in [3.8, 4) is 0 Å². The lowest BCUT2D eigenvalue weighted by Crippen LogP contribution is -1.92. The monoisotopic (exact) mass is 226 g/mol. The summed E-state index contributed by atoms with van der Waals surface area (Å²) in [5.41, 5.74) is 0.448. The molecular formula is C12H15FOS. The van der Waals surface area contributed by atoms with Crippen LogP contribution in [-0.2, 0) is 0 Å². The average molecular weight is 226 g/mol. The molecule has 1 rings (SSSR count). The van der Waals surface area contributed by atoms with E-state index in [2.05, 4.69) is 13.8 Å². The van der Waals surface area contributed by atoms with E-state index in [4.69, 9.17) is 0 Å². The molecule has 1 nitrogen and oxygen atoms in total. The van der Waals surface area contributed by atoms with Crippen LogP contribution in [0.15, 0.2) is 23.1 Å². The zero-order valence-electron chi connectivity index (χ0n) is 9.00. The van der Waals surface area contributed by atoms with Crippen molar-refractivity contribution < 1.29 is 9.18 Å². The molecule has 0 N–H and O–H groups in total. The van der Waals surface area contributed by atoms with Crippen LogP contribution in [0.5, 0.6) is 0 Å². The van der Waals surface area contributed by atoms with Gasteiger partial charge in [0.05, 0.1) is 0 Å². The minimum atomic E-state index is -0.356. The first-order valence-corrected chi connectivity index (χ1v) is 5.99. The zero-order valence-corrected chi connectivity index (χ0v) is 9.81. The van der Waals surface area contributed by atoms with Crippen LogP contribution >= 0.6 is 11.8 Å². The summed E-state index contributed by atoms with van der Waals surface area (Å²) in [6, 6.07) is 4.35. The van der Waals surface area contributed by atoms with Gasteiger partial charge in [0.25, 0.3) is 0 Å². The van der Waals surface area contributed by atoms with E-state index in [1.807, 2.05) is 0 Å². The molecule has 0 atom stereocenters. The highest BCUT2D eigenvalue weighted by Crippen LogP contribution is 2.24. The van der Waals surface area contributed by atoms with Gasteiger partial charge in [0, 0.05) is 10.5 Å². The molecule has 1 aromatic carbocycles. The van der Waals surface area contributed by atoms with Crippen LogP contribution in [0.1, 0.15) is 30.6 Å². The normalized spacial score (nSPS) is 10.7. The average Bonchev–Trinajstić information content (AvgIpc) is 2.19. The van der Waals surface area contributed by atoms with Gasteiger partial charge in [0.15, 0.2) is 6.29 Å². The van der Waals surface area contributed by atoms with Gasteiger partial charge in [-0.3, -0.25) is 4.79 Å². The van der Waals surface area contributed by atoms with Crippen LogP contribution in [0.2, 0.25) is 0 Å². The van der Waals surface area contributed by atoms with Crippen LogP contribution in [0, 0.1) is 11.7 Å². The van der Waals surface area contributed by atoms with E-state index in [-0.39, 0.29) is 5.82 Å². The van der Waals surface area contributed by atoms with Gasteiger partial charge in [0.1, 0.15) is 5.82 Å². The second-order valence-electron chi connectivity index (χ2n) is 3.83. The number of hydrogen-bond donors (Lipinski definition) is 0. The molecule has 0 radical (unpaired) electrons. The number of carbonyl (C=O) groups excluding carboxylic acids is 1. The maximum atomic E-state index is 12.8. The molecule has 0 unspecified atom stereocenters. The molecule has 0 heterocycles. The molecule has 0 aliphatic heterocycles. The molecule has 3 heteroatoms. The van der Waals surface area contributed by atoms with E-state index in [9.17, 15) is 9.18 Å². The summed E-state index contributed by atoms with van der Waals surface area (Å²) in [6.07, 6.45) is 1.81. The first-order chi connectivity index (χ1) is 7.13. The third-order valence-corrected chi connectivity index (χ3v) is 3.17. The van der Waals surface area contributed by atoms with Crippen molar-refractivity contribution in [1.29, 1.82) is 0 Å². The van der Waals surface area contributed by atoms with Gasteiger partial charge in [-0.15, -0.1) is 11.8 Å². The summed E-state index contributed by atoms with van der Waals surface area (Å²) in [4.78, 5) is 11.6. The summed E-state index contributed by atoms with van der Waals surface area (Å²) >= 11 is 1.61. The molecule has 0 saturated carbocycles. The Bertz CT molecular complexity index is 336. The Hall–Kier alpha value is -0.830. The highest BCUT2D eigenvalue weighted by Gasteiger charge is 2.04. The molecular weight excluding hydrogens is 211 g/mol. The van der Waals surface area contributed by atoms with Crippen LogP contribution < -0.4 is 0 Å². The molecule has 0 bridgehead atoms. The Labute approximate surface area is 94.1 Å². The summed E-state index contributed by atoms with van der Waals surface area (Å²) in [6.45, 7) is 4.32. The quantitative estimate of drug-likeness (QED) is 0.561. The second kappa shape index (κ2) is 5.91. The fraction of sp³-hybridized carbons (Fsp3) is 0.417. The number of hydrogen-bond acceptors (Lipinski definition) is 2. The Kier molecular flexibility index (Phi) is 4.82. The van der Waals surface area contributed by atoms with Crippen molar-refractivity contribution in [2.24, 2.45) is 5.92 Å². The lowest BCUT2D eigenvalue weighted by molar-refractivity contribution is 0.112. The van der Waals surface area contributed by atoms with Crippen LogP contribution in [-0.4, -0.2) is 12.0 Å². The van der Waals surface area contributed by atoms with E-state index in [1.165, 1.54) is 12.1 Å². The highest BCUT2D eigenvalue weighted by molar-refractivity contribution is 7.99. The molecule has 82 valence electrons. The van der Waals surface area contributed by atoms with Crippen molar-refractivity contribution in [3.63, 3.8) is 0 Å². The van der Waals surface area contributed by atoms with Crippen LogP contribution in [0.25, 0.3) is 0 Å². The van der Waals surface area contributed by atoms with Gasteiger partial charge >= 0.3 is 0 Å². The zero-order chi connectivity index (χ0) is 11.3. The standard InChI is InChI=1S/C12H15FOS/c1-9(2)5-6-15-12-4-3-11(13)7-10(12)8-14/h3-4,7-9H,5-6H2,1-2H3. The van der Waals surface area contributed by atoms with Crippen molar-refractivity contribution >= 4 is 18.0 Å².